The van der Waals surface area contributed by atoms with Gasteiger partial charge >= 0.3 is 0 Å². The number of alkyl halides is 1. The van der Waals surface area contributed by atoms with Crippen LogP contribution in [0, 0.1) is 6.92 Å². The van der Waals surface area contributed by atoms with Gasteiger partial charge in [-0.05, 0) is 36.6 Å². The number of amides is 1. The number of aromatic hydroxyl groups is 1. The van der Waals surface area contributed by atoms with Gasteiger partial charge in [-0.2, -0.15) is 0 Å². The zero-order chi connectivity index (χ0) is 15.0. The first kappa shape index (κ1) is 14.1. The van der Waals surface area contributed by atoms with Gasteiger partial charge in [0.1, 0.15) is 5.75 Å². The quantitative estimate of drug-likeness (QED) is 0.818. The lowest BCUT2D eigenvalue weighted by Gasteiger charge is -2.18. The standard InChI is InChI=1S/C17H16BrNO2/c1-10-6-7-15(20)13(8-10)17(21)19-16-12-5-3-2-4-11(12)9-14(16)18/h2-8,14,16,20H,9H2,1H3,(H,19,21). The Kier molecular flexibility index (Phi) is 3.72. The Morgan fingerprint density at radius 3 is 2.86 bits per heavy atom. The Morgan fingerprint density at radius 1 is 1.29 bits per heavy atom. The van der Waals surface area contributed by atoms with Crippen LogP contribution in [0.4, 0.5) is 0 Å². The molecule has 2 aromatic carbocycles. The van der Waals surface area contributed by atoms with Crippen molar-refractivity contribution in [3.05, 3.63) is 64.7 Å². The highest BCUT2D eigenvalue weighted by atomic mass is 79.9. The van der Waals surface area contributed by atoms with Crippen molar-refractivity contribution in [1.29, 1.82) is 0 Å². The third-order valence-corrected chi connectivity index (χ3v) is 4.70. The van der Waals surface area contributed by atoms with Crippen LogP contribution >= 0.6 is 15.9 Å². The highest BCUT2D eigenvalue weighted by molar-refractivity contribution is 9.09. The number of phenolic OH excluding ortho intramolecular Hbond substituents is 1. The van der Waals surface area contributed by atoms with Gasteiger partial charge < -0.3 is 10.4 Å². The van der Waals surface area contributed by atoms with Crippen molar-refractivity contribution in [3.8, 4) is 5.75 Å². The zero-order valence-electron chi connectivity index (χ0n) is 11.6. The summed E-state index contributed by atoms with van der Waals surface area (Å²) in [4.78, 5) is 12.6. The van der Waals surface area contributed by atoms with Crippen LogP contribution in [-0.4, -0.2) is 15.8 Å². The number of rotatable bonds is 2. The average Bonchev–Trinajstić information content (AvgIpc) is 2.78. The molecule has 2 aromatic rings. The fourth-order valence-corrected chi connectivity index (χ4v) is 3.53. The molecule has 4 heteroatoms. The summed E-state index contributed by atoms with van der Waals surface area (Å²) in [6, 6.07) is 13.1. The minimum atomic E-state index is -0.248. The molecule has 0 radical (unpaired) electrons. The van der Waals surface area contributed by atoms with E-state index < -0.39 is 0 Å². The summed E-state index contributed by atoms with van der Waals surface area (Å²) in [5.41, 5.74) is 3.65. The van der Waals surface area contributed by atoms with Gasteiger partial charge in [0, 0.05) is 4.83 Å². The van der Waals surface area contributed by atoms with E-state index in [1.165, 1.54) is 5.56 Å². The van der Waals surface area contributed by atoms with Crippen molar-refractivity contribution < 1.29 is 9.90 Å². The summed E-state index contributed by atoms with van der Waals surface area (Å²) in [5, 5.41) is 12.9. The second-order valence-electron chi connectivity index (χ2n) is 5.39. The van der Waals surface area contributed by atoms with Crippen LogP contribution in [0.3, 0.4) is 0 Å². The Bertz CT molecular complexity index is 699. The van der Waals surface area contributed by atoms with E-state index in [0.29, 0.717) is 5.56 Å². The first-order valence-electron chi connectivity index (χ1n) is 6.88. The van der Waals surface area contributed by atoms with Gasteiger partial charge in [0.05, 0.1) is 11.6 Å². The predicted octanol–water partition coefficient (Wildman–Crippen LogP) is 3.49. The van der Waals surface area contributed by atoms with Gasteiger partial charge in [0.25, 0.3) is 5.91 Å². The molecular weight excluding hydrogens is 330 g/mol. The number of carbonyl (C=O) groups is 1. The van der Waals surface area contributed by atoms with Gasteiger partial charge in [-0.1, -0.05) is 51.8 Å². The van der Waals surface area contributed by atoms with Crippen molar-refractivity contribution in [1.82, 2.24) is 5.32 Å². The van der Waals surface area contributed by atoms with Crippen LogP contribution in [0.5, 0.6) is 5.75 Å². The van der Waals surface area contributed by atoms with Crippen molar-refractivity contribution in [2.45, 2.75) is 24.2 Å². The minimum absolute atomic E-state index is 0.00973. The molecule has 0 heterocycles. The smallest absolute Gasteiger partial charge is 0.255 e. The average molecular weight is 346 g/mol. The molecule has 21 heavy (non-hydrogen) atoms. The first-order valence-corrected chi connectivity index (χ1v) is 7.80. The third kappa shape index (κ3) is 2.68. The van der Waals surface area contributed by atoms with Crippen LogP contribution in [0.15, 0.2) is 42.5 Å². The lowest BCUT2D eigenvalue weighted by Crippen LogP contribution is -2.31. The molecule has 2 atom stereocenters. The molecule has 0 aromatic heterocycles. The predicted molar refractivity (Wildman–Crippen MR) is 85.9 cm³/mol. The van der Waals surface area contributed by atoms with Crippen molar-refractivity contribution in [2.75, 3.05) is 0 Å². The molecule has 3 rings (SSSR count). The summed E-state index contributed by atoms with van der Waals surface area (Å²) in [6.45, 7) is 1.90. The van der Waals surface area contributed by atoms with Gasteiger partial charge in [-0.3, -0.25) is 4.79 Å². The lowest BCUT2D eigenvalue weighted by molar-refractivity contribution is 0.0935. The van der Waals surface area contributed by atoms with Crippen LogP contribution in [0.2, 0.25) is 0 Å². The molecule has 0 saturated carbocycles. The molecule has 3 nitrogen and oxygen atoms in total. The molecule has 2 N–H and O–H groups in total. The Morgan fingerprint density at radius 2 is 2.05 bits per heavy atom. The summed E-state index contributed by atoms with van der Waals surface area (Å²) in [5.74, 6) is -0.238. The lowest BCUT2D eigenvalue weighted by atomic mass is 10.1. The van der Waals surface area contributed by atoms with E-state index in [1.54, 1.807) is 18.2 Å². The van der Waals surface area contributed by atoms with Gasteiger partial charge in [0.2, 0.25) is 0 Å². The van der Waals surface area contributed by atoms with E-state index in [4.69, 9.17) is 0 Å². The van der Waals surface area contributed by atoms with Crippen LogP contribution < -0.4 is 5.32 Å². The van der Waals surface area contributed by atoms with Crippen LogP contribution in [-0.2, 0) is 6.42 Å². The third-order valence-electron chi connectivity index (χ3n) is 3.85. The van der Waals surface area contributed by atoms with E-state index in [1.807, 2.05) is 25.1 Å². The maximum Gasteiger partial charge on any atom is 0.255 e. The summed E-state index contributed by atoms with van der Waals surface area (Å²) < 4.78 is 0. The molecule has 2 unspecified atom stereocenters. The SMILES string of the molecule is Cc1ccc(O)c(C(=O)NC2c3ccccc3CC2Br)c1. The number of nitrogens with one attached hydrogen (secondary N) is 1. The van der Waals surface area contributed by atoms with E-state index in [-0.39, 0.29) is 22.5 Å². The topological polar surface area (TPSA) is 49.3 Å². The van der Waals surface area contributed by atoms with E-state index in [9.17, 15) is 9.90 Å². The van der Waals surface area contributed by atoms with Crippen LogP contribution in [0.1, 0.15) is 33.1 Å². The number of hydrogen-bond acceptors (Lipinski definition) is 2. The largest absolute Gasteiger partial charge is 0.507 e. The maximum atomic E-state index is 12.4. The number of benzene rings is 2. The van der Waals surface area contributed by atoms with Crippen LogP contribution in [0.25, 0.3) is 0 Å². The van der Waals surface area contributed by atoms with E-state index in [0.717, 1.165) is 17.5 Å². The molecule has 1 aliphatic rings. The number of fused-ring (bicyclic) bond motifs is 1. The summed E-state index contributed by atoms with van der Waals surface area (Å²) in [7, 11) is 0. The molecule has 1 aliphatic carbocycles. The minimum Gasteiger partial charge on any atom is -0.507 e. The maximum absolute atomic E-state index is 12.4. The Hall–Kier alpha value is -1.81. The second-order valence-corrected chi connectivity index (χ2v) is 6.57. The Balaban J connectivity index is 1.87. The normalized spacial score (nSPS) is 20.1. The molecule has 0 bridgehead atoms. The second kappa shape index (κ2) is 5.53. The molecule has 0 aliphatic heterocycles. The van der Waals surface area contributed by atoms with Crippen molar-refractivity contribution in [2.24, 2.45) is 0 Å². The van der Waals surface area contributed by atoms with Crippen molar-refractivity contribution in [3.63, 3.8) is 0 Å². The van der Waals surface area contributed by atoms with Gasteiger partial charge in [-0.25, -0.2) is 0 Å². The first-order chi connectivity index (χ1) is 10.1. The highest BCUT2D eigenvalue weighted by Crippen LogP contribution is 2.36. The summed E-state index contributed by atoms with van der Waals surface area (Å²) in [6.07, 6.45) is 0.890. The van der Waals surface area contributed by atoms with Gasteiger partial charge in [0.15, 0.2) is 0 Å². The molecule has 0 spiro atoms. The fourth-order valence-electron chi connectivity index (χ4n) is 2.77. The number of aryl methyl sites for hydroxylation is 1. The summed E-state index contributed by atoms with van der Waals surface area (Å²) >= 11 is 3.64. The highest BCUT2D eigenvalue weighted by Gasteiger charge is 2.32. The molecule has 1 amide bonds. The van der Waals surface area contributed by atoms with Gasteiger partial charge in [-0.15, -0.1) is 0 Å². The van der Waals surface area contributed by atoms with Crippen molar-refractivity contribution >= 4 is 21.8 Å². The fraction of sp³-hybridized carbons (Fsp3) is 0.235. The number of carbonyl (C=O) groups excluding carboxylic acids is 1. The number of phenols is 1. The molecule has 108 valence electrons. The zero-order valence-corrected chi connectivity index (χ0v) is 13.2. The Labute approximate surface area is 132 Å². The van der Waals surface area contributed by atoms with E-state index in [2.05, 4.69) is 27.3 Å². The van der Waals surface area contributed by atoms with E-state index >= 15 is 0 Å². The molecular formula is C17H16BrNO2. The molecule has 0 saturated heterocycles. The molecule has 0 fully saturated rings. The monoisotopic (exact) mass is 345 g/mol. The number of hydrogen-bond donors (Lipinski definition) is 2. The number of halogens is 1.